The Labute approximate surface area is 162 Å². The number of hydrogen-bond donors (Lipinski definition) is 2. The van der Waals surface area contributed by atoms with E-state index in [4.69, 9.17) is 5.73 Å². The van der Waals surface area contributed by atoms with Gasteiger partial charge in [0.1, 0.15) is 5.82 Å². The van der Waals surface area contributed by atoms with E-state index in [1.807, 2.05) is 18.3 Å². The van der Waals surface area contributed by atoms with Gasteiger partial charge in [0.15, 0.2) is 0 Å². The molecule has 0 radical (unpaired) electrons. The molecule has 6 nitrogen and oxygen atoms in total. The van der Waals surface area contributed by atoms with Crippen LogP contribution in [0.1, 0.15) is 38.5 Å². The first-order chi connectivity index (χ1) is 13.2. The first-order valence-electron chi connectivity index (χ1n) is 10.6. The summed E-state index contributed by atoms with van der Waals surface area (Å²) < 4.78 is 0. The Morgan fingerprint density at radius 3 is 2.56 bits per heavy atom. The molecule has 1 aliphatic heterocycles. The fourth-order valence-electron chi connectivity index (χ4n) is 5.28. The third kappa shape index (κ3) is 4.61. The zero-order valence-electron chi connectivity index (χ0n) is 16.2. The lowest BCUT2D eigenvalue weighted by Gasteiger charge is -2.45. The van der Waals surface area contributed by atoms with Crippen molar-refractivity contribution in [3.63, 3.8) is 0 Å². The lowest BCUT2D eigenvalue weighted by molar-refractivity contribution is -0.123. The number of rotatable bonds is 5. The first kappa shape index (κ1) is 18.7. The van der Waals surface area contributed by atoms with Crippen LogP contribution in [0.5, 0.6) is 0 Å². The largest absolute Gasteiger partial charge is 0.354 e. The molecule has 27 heavy (non-hydrogen) atoms. The van der Waals surface area contributed by atoms with Gasteiger partial charge in [-0.1, -0.05) is 12.5 Å². The predicted octanol–water partition coefficient (Wildman–Crippen LogP) is 1.62. The van der Waals surface area contributed by atoms with Crippen molar-refractivity contribution in [2.45, 2.75) is 50.6 Å². The summed E-state index contributed by atoms with van der Waals surface area (Å²) in [5.74, 6) is 2.47. The molecule has 1 saturated heterocycles. The standard InChI is InChI=1S/C21H33N5O/c22-18-14-16-4-3-5-17(15-18)21(16)24-20(27)7-9-25-10-12-26(13-11-25)19-6-1-2-8-23-19/h1-2,6,8,16-18,21H,3-5,7,9-15,22H2,(H,24,27). The van der Waals surface area contributed by atoms with Crippen LogP contribution >= 0.6 is 0 Å². The Bertz CT molecular complexity index is 602. The lowest BCUT2D eigenvalue weighted by atomic mass is 9.67. The second-order valence-electron chi connectivity index (χ2n) is 8.54. The van der Waals surface area contributed by atoms with Gasteiger partial charge in [-0.2, -0.15) is 0 Å². The van der Waals surface area contributed by atoms with E-state index >= 15 is 0 Å². The second kappa shape index (κ2) is 8.57. The highest BCUT2D eigenvalue weighted by Gasteiger charge is 2.39. The molecule has 2 saturated carbocycles. The maximum atomic E-state index is 12.6. The van der Waals surface area contributed by atoms with Gasteiger partial charge in [0, 0.05) is 57.4 Å². The number of nitrogens with zero attached hydrogens (tertiary/aromatic N) is 3. The monoisotopic (exact) mass is 371 g/mol. The molecular formula is C21H33N5O. The van der Waals surface area contributed by atoms with Gasteiger partial charge < -0.3 is 16.0 Å². The maximum absolute atomic E-state index is 12.6. The number of pyridine rings is 1. The fraction of sp³-hybridized carbons (Fsp3) is 0.714. The molecule has 2 bridgehead atoms. The Balaban J connectivity index is 1.20. The summed E-state index contributed by atoms with van der Waals surface area (Å²) in [4.78, 5) is 21.7. The molecule has 0 spiro atoms. The van der Waals surface area contributed by atoms with E-state index in [0.717, 1.165) is 51.4 Å². The van der Waals surface area contributed by atoms with Gasteiger partial charge in [-0.05, 0) is 49.7 Å². The van der Waals surface area contributed by atoms with E-state index in [1.165, 1.54) is 19.3 Å². The zero-order chi connectivity index (χ0) is 18.6. The molecule has 3 N–H and O–H groups in total. The number of carbonyl (C=O) groups is 1. The van der Waals surface area contributed by atoms with E-state index < -0.39 is 0 Å². The molecule has 2 unspecified atom stereocenters. The van der Waals surface area contributed by atoms with Gasteiger partial charge in [0.25, 0.3) is 0 Å². The number of anilines is 1. The number of aromatic nitrogens is 1. The minimum atomic E-state index is 0.222. The van der Waals surface area contributed by atoms with Gasteiger partial charge in [0.05, 0.1) is 0 Å². The van der Waals surface area contributed by atoms with Gasteiger partial charge in [-0.3, -0.25) is 9.69 Å². The molecule has 6 heteroatoms. The fourth-order valence-corrected chi connectivity index (χ4v) is 5.28. The van der Waals surface area contributed by atoms with E-state index in [-0.39, 0.29) is 5.91 Å². The molecule has 3 aliphatic rings. The molecule has 1 amide bonds. The number of nitrogens with two attached hydrogens (primary N) is 1. The smallest absolute Gasteiger partial charge is 0.221 e. The molecule has 148 valence electrons. The van der Waals surface area contributed by atoms with Crippen LogP contribution < -0.4 is 16.0 Å². The minimum absolute atomic E-state index is 0.222. The Kier molecular flexibility index (Phi) is 5.93. The number of hydrogen-bond acceptors (Lipinski definition) is 5. The van der Waals surface area contributed by atoms with Gasteiger partial charge in [-0.15, -0.1) is 0 Å². The van der Waals surface area contributed by atoms with Crippen molar-refractivity contribution in [1.82, 2.24) is 15.2 Å². The lowest BCUT2D eigenvalue weighted by Crippen LogP contribution is -2.54. The number of piperazine rings is 1. The van der Waals surface area contributed by atoms with Crippen molar-refractivity contribution < 1.29 is 4.79 Å². The van der Waals surface area contributed by atoms with E-state index in [9.17, 15) is 4.79 Å². The molecule has 2 aliphatic carbocycles. The molecule has 2 heterocycles. The Morgan fingerprint density at radius 2 is 1.89 bits per heavy atom. The Hall–Kier alpha value is -1.66. The number of carbonyl (C=O) groups excluding carboxylic acids is 1. The highest BCUT2D eigenvalue weighted by Crippen LogP contribution is 2.39. The quantitative estimate of drug-likeness (QED) is 0.823. The van der Waals surface area contributed by atoms with E-state index in [2.05, 4.69) is 26.2 Å². The van der Waals surface area contributed by atoms with E-state index in [1.54, 1.807) is 0 Å². The minimum Gasteiger partial charge on any atom is -0.354 e. The molecule has 4 rings (SSSR count). The van der Waals surface area contributed by atoms with Crippen molar-refractivity contribution >= 4 is 11.7 Å². The topological polar surface area (TPSA) is 74.5 Å². The highest BCUT2D eigenvalue weighted by atomic mass is 16.1. The Morgan fingerprint density at radius 1 is 1.15 bits per heavy atom. The van der Waals surface area contributed by atoms with Gasteiger partial charge in [-0.25, -0.2) is 4.98 Å². The van der Waals surface area contributed by atoms with Crippen LogP contribution in [0.25, 0.3) is 0 Å². The van der Waals surface area contributed by atoms with Crippen molar-refractivity contribution in [2.24, 2.45) is 17.6 Å². The summed E-state index contributed by atoms with van der Waals surface area (Å²) in [5, 5.41) is 3.37. The average Bonchev–Trinajstić information content (AvgIpc) is 2.68. The van der Waals surface area contributed by atoms with Crippen LogP contribution in [0.2, 0.25) is 0 Å². The molecule has 1 aromatic heterocycles. The summed E-state index contributed by atoms with van der Waals surface area (Å²) in [5.41, 5.74) is 6.20. The normalized spacial score (nSPS) is 31.5. The summed E-state index contributed by atoms with van der Waals surface area (Å²) in [6.45, 7) is 4.79. The molecule has 0 aromatic carbocycles. The summed E-state index contributed by atoms with van der Waals surface area (Å²) in [7, 11) is 0. The van der Waals surface area contributed by atoms with Crippen molar-refractivity contribution in [3.8, 4) is 0 Å². The number of amides is 1. The molecular weight excluding hydrogens is 338 g/mol. The van der Waals surface area contributed by atoms with Crippen LogP contribution in [0.15, 0.2) is 24.4 Å². The number of nitrogens with one attached hydrogen (secondary N) is 1. The number of fused-ring (bicyclic) bond motifs is 2. The van der Waals surface area contributed by atoms with Crippen LogP contribution in [0.4, 0.5) is 5.82 Å². The predicted molar refractivity (Wildman–Crippen MR) is 107 cm³/mol. The van der Waals surface area contributed by atoms with Crippen molar-refractivity contribution in [1.29, 1.82) is 0 Å². The summed E-state index contributed by atoms with van der Waals surface area (Å²) in [6, 6.07) is 6.76. The highest BCUT2D eigenvalue weighted by molar-refractivity contribution is 5.76. The van der Waals surface area contributed by atoms with E-state index in [0.29, 0.717) is 30.3 Å². The average molecular weight is 372 g/mol. The van der Waals surface area contributed by atoms with Gasteiger partial charge in [0.2, 0.25) is 5.91 Å². The third-order valence-corrected chi connectivity index (χ3v) is 6.70. The SMILES string of the molecule is NC1CC2CCCC(C1)C2NC(=O)CCN1CCN(c2ccccn2)CC1. The first-order valence-corrected chi connectivity index (χ1v) is 10.6. The van der Waals surface area contributed by atoms with Crippen LogP contribution in [0, 0.1) is 11.8 Å². The van der Waals surface area contributed by atoms with Crippen molar-refractivity contribution in [2.75, 3.05) is 37.6 Å². The van der Waals surface area contributed by atoms with Crippen molar-refractivity contribution in [3.05, 3.63) is 24.4 Å². The second-order valence-corrected chi connectivity index (χ2v) is 8.54. The van der Waals surface area contributed by atoms with Gasteiger partial charge >= 0.3 is 0 Å². The molecule has 2 atom stereocenters. The van der Waals surface area contributed by atoms with Crippen LogP contribution in [-0.4, -0.2) is 60.6 Å². The summed E-state index contributed by atoms with van der Waals surface area (Å²) >= 11 is 0. The van der Waals surface area contributed by atoms with Crippen LogP contribution in [-0.2, 0) is 4.79 Å². The molecule has 3 fully saturated rings. The zero-order valence-corrected chi connectivity index (χ0v) is 16.2. The summed E-state index contributed by atoms with van der Waals surface area (Å²) in [6.07, 6.45) is 8.36. The maximum Gasteiger partial charge on any atom is 0.221 e. The third-order valence-electron chi connectivity index (χ3n) is 6.70. The van der Waals surface area contributed by atoms with Crippen LogP contribution in [0.3, 0.4) is 0 Å². The molecule has 1 aromatic rings.